The van der Waals surface area contributed by atoms with Crippen LogP contribution in [0, 0.1) is 0 Å². The van der Waals surface area contributed by atoms with E-state index < -0.39 is 30.7 Å². The number of primary amides is 1. The number of hydrogen-bond acceptors (Lipinski definition) is 5. The van der Waals surface area contributed by atoms with Crippen LogP contribution in [0.1, 0.15) is 0 Å². The highest BCUT2D eigenvalue weighted by atomic mass is 33.2. The molecule has 0 fully saturated rings. The molecular weight excluding hydrogens is 212 g/mol. The van der Waals surface area contributed by atoms with Crippen LogP contribution in [-0.4, -0.2) is 33.8 Å². The van der Waals surface area contributed by atoms with Crippen LogP contribution in [0.2, 0.25) is 0 Å². The first-order valence-electron chi connectivity index (χ1n) is 2.42. The van der Waals surface area contributed by atoms with Crippen LogP contribution >= 0.6 is 0 Å². The Bertz CT molecular complexity index is 364. The van der Waals surface area contributed by atoms with Crippen molar-refractivity contribution in [2.24, 2.45) is 5.73 Å². The monoisotopic (exact) mass is 218 g/mol. The number of rotatable bonds is 4. The molecule has 0 saturated heterocycles. The Balaban J connectivity index is 4.60. The first-order valence-corrected chi connectivity index (χ1v) is 5.86. The van der Waals surface area contributed by atoms with Gasteiger partial charge in [0.2, 0.25) is 5.91 Å². The molecule has 0 aromatic carbocycles. The van der Waals surface area contributed by atoms with Gasteiger partial charge in [-0.2, -0.15) is 21.6 Å². The molecule has 10 heteroatoms. The van der Waals surface area contributed by atoms with Crippen LogP contribution in [0.3, 0.4) is 0 Å². The summed E-state index contributed by atoms with van der Waals surface area (Å²) in [4.78, 5) is 9.99. The zero-order valence-corrected chi connectivity index (χ0v) is 7.22. The molecule has 1 amide bonds. The lowest BCUT2D eigenvalue weighted by Crippen LogP contribution is -2.36. The lowest BCUT2D eigenvalue weighted by atomic mass is 10.7. The Labute approximate surface area is 67.9 Å². The molecule has 0 aliphatic carbocycles. The number of nitrogens with two attached hydrogens (primary N) is 1. The van der Waals surface area contributed by atoms with Gasteiger partial charge in [-0.3, -0.25) is 9.35 Å². The van der Waals surface area contributed by atoms with E-state index in [4.69, 9.17) is 4.55 Å². The number of amides is 1. The molecular formula is C2H6N2O6S2. The van der Waals surface area contributed by atoms with Gasteiger partial charge in [0.1, 0.15) is 0 Å². The van der Waals surface area contributed by atoms with Crippen molar-refractivity contribution in [3.8, 4) is 0 Å². The van der Waals surface area contributed by atoms with Gasteiger partial charge in [0, 0.05) is 0 Å². The minimum Gasteiger partial charge on any atom is -0.369 e. The van der Waals surface area contributed by atoms with Gasteiger partial charge < -0.3 is 5.73 Å². The zero-order chi connectivity index (χ0) is 9.99. The average molecular weight is 218 g/mol. The van der Waals surface area contributed by atoms with Crippen LogP contribution in [0.25, 0.3) is 0 Å². The topological polar surface area (TPSA) is 144 Å². The van der Waals surface area contributed by atoms with Gasteiger partial charge in [0.05, 0.1) is 6.54 Å². The molecule has 0 saturated carbocycles. The van der Waals surface area contributed by atoms with Crippen molar-refractivity contribution < 1.29 is 26.2 Å². The van der Waals surface area contributed by atoms with Crippen LogP contribution < -0.4 is 10.5 Å². The SMILES string of the molecule is NC(=O)CNS(=O)(=O)S(=O)(=O)O. The average Bonchev–Trinajstić information content (AvgIpc) is 1.81. The van der Waals surface area contributed by atoms with Crippen molar-refractivity contribution >= 4 is 24.1 Å². The normalized spacial score (nSPS) is 12.8. The largest absolute Gasteiger partial charge is 0.386 e. The summed E-state index contributed by atoms with van der Waals surface area (Å²) >= 11 is 0. The Hall–Kier alpha value is -0.710. The molecule has 0 spiro atoms. The maximum Gasteiger partial charge on any atom is 0.386 e. The Kier molecular flexibility index (Phi) is 3.15. The van der Waals surface area contributed by atoms with Crippen molar-refractivity contribution in [2.45, 2.75) is 0 Å². The maximum absolute atomic E-state index is 10.4. The number of nitrogens with one attached hydrogen (secondary N) is 1. The molecule has 0 rings (SSSR count). The highest BCUT2D eigenvalue weighted by Gasteiger charge is 2.26. The van der Waals surface area contributed by atoms with E-state index in [0.29, 0.717) is 0 Å². The second-order valence-electron chi connectivity index (χ2n) is 1.67. The maximum atomic E-state index is 10.4. The summed E-state index contributed by atoms with van der Waals surface area (Å²) in [6.45, 7) is -0.887. The van der Waals surface area contributed by atoms with Crippen LogP contribution in [-0.2, 0) is 23.0 Å². The first kappa shape index (κ1) is 11.3. The fraction of sp³-hybridized carbons (Fsp3) is 0.500. The van der Waals surface area contributed by atoms with Gasteiger partial charge in [-0.25, -0.2) is 0 Å². The van der Waals surface area contributed by atoms with E-state index in [1.54, 1.807) is 0 Å². The van der Waals surface area contributed by atoms with Gasteiger partial charge in [-0.15, -0.1) is 0 Å². The van der Waals surface area contributed by atoms with Crippen LogP contribution in [0.4, 0.5) is 0 Å². The van der Waals surface area contributed by atoms with Gasteiger partial charge >= 0.3 is 18.2 Å². The number of carbonyl (C=O) groups is 1. The molecule has 0 aliphatic heterocycles. The minimum atomic E-state index is -5.24. The Morgan fingerprint density at radius 1 is 1.33 bits per heavy atom. The quantitative estimate of drug-likeness (QED) is 0.343. The molecule has 0 unspecified atom stereocenters. The van der Waals surface area contributed by atoms with Crippen molar-refractivity contribution in [1.82, 2.24) is 4.72 Å². The standard InChI is InChI=1S/C2H6N2O6S2/c3-2(5)1-4-11(6,7)12(8,9)10/h4H,1H2,(H2,3,5)(H,8,9,10). The summed E-state index contributed by atoms with van der Waals surface area (Å²) in [7, 11) is -10.2. The smallest absolute Gasteiger partial charge is 0.369 e. The van der Waals surface area contributed by atoms with Crippen molar-refractivity contribution in [1.29, 1.82) is 0 Å². The molecule has 0 heterocycles. The summed E-state index contributed by atoms with van der Waals surface area (Å²) in [5.74, 6) is -1.07. The van der Waals surface area contributed by atoms with Gasteiger partial charge in [-0.1, -0.05) is 0 Å². The van der Waals surface area contributed by atoms with Gasteiger partial charge in [-0.05, 0) is 0 Å². The van der Waals surface area contributed by atoms with E-state index in [-0.39, 0.29) is 0 Å². The third kappa shape index (κ3) is 3.13. The van der Waals surface area contributed by atoms with Gasteiger partial charge in [0.15, 0.2) is 0 Å². The van der Waals surface area contributed by atoms with E-state index in [1.165, 1.54) is 4.72 Å². The molecule has 8 nitrogen and oxygen atoms in total. The number of carbonyl (C=O) groups excluding carboxylic acids is 1. The summed E-state index contributed by atoms with van der Waals surface area (Å²) in [6.07, 6.45) is 0. The van der Waals surface area contributed by atoms with E-state index in [1.807, 2.05) is 0 Å². The second kappa shape index (κ2) is 3.35. The van der Waals surface area contributed by atoms with E-state index >= 15 is 0 Å². The van der Waals surface area contributed by atoms with Crippen molar-refractivity contribution in [3.63, 3.8) is 0 Å². The van der Waals surface area contributed by atoms with E-state index in [0.717, 1.165) is 0 Å². The summed E-state index contributed by atoms with van der Waals surface area (Å²) < 4.78 is 50.1. The van der Waals surface area contributed by atoms with Crippen LogP contribution in [0.5, 0.6) is 0 Å². The van der Waals surface area contributed by atoms with Crippen LogP contribution in [0.15, 0.2) is 0 Å². The molecule has 0 aliphatic rings. The molecule has 0 atom stereocenters. The molecule has 0 bridgehead atoms. The molecule has 4 N–H and O–H groups in total. The van der Waals surface area contributed by atoms with E-state index in [2.05, 4.69) is 5.73 Å². The molecule has 12 heavy (non-hydrogen) atoms. The third-order valence-corrected chi connectivity index (χ3v) is 3.77. The predicted molar refractivity (Wildman–Crippen MR) is 37.7 cm³/mol. The predicted octanol–water partition coefficient (Wildman–Crippen LogP) is -2.81. The first-order chi connectivity index (χ1) is 5.17. The van der Waals surface area contributed by atoms with E-state index in [9.17, 15) is 21.6 Å². The molecule has 0 aromatic rings. The Morgan fingerprint density at radius 3 is 2.00 bits per heavy atom. The third-order valence-electron chi connectivity index (χ3n) is 0.700. The summed E-state index contributed by atoms with van der Waals surface area (Å²) in [6, 6.07) is 0. The minimum absolute atomic E-state index is 0.887. The fourth-order valence-electron chi connectivity index (χ4n) is 0.234. The summed E-state index contributed by atoms with van der Waals surface area (Å²) in [5, 5.41) is 0. The lowest BCUT2D eigenvalue weighted by Gasteiger charge is -1.99. The summed E-state index contributed by atoms with van der Waals surface area (Å²) in [5.41, 5.74) is 4.50. The van der Waals surface area contributed by atoms with Gasteiger partial charge in [0.25, 0.3) is 0 Å². The molecule has 0 radical (unpaired) electrons. The van der Waals surface area contributed by atoms with Crippen molar-refractivity contribution in [2.75, 3.05) is 6.54 Å². The highest BCUT2D eigenvalue weighted by Crippen LogP contribution is 1.93. The second-order valence-corrected chi connectivity index (χ2v) is 6.30. The van der Waals surface area contributed by atoms with Crippen molar-refractivity contribution in [3.05, 3.63) is 0 Å². The Morgan fingerprint density at radius 2 is 1.75 bits per heavy atom. The highest BCUT2D eigenvalue weighted by molar-refractivity contribution is 8.64. The molecule has 0 aromatic heterocycles. The molecule has 72 valence electrons. The zero-order valence-electron chi connectivity index (χ0n) is 5.59. The fourth-order valence-corrected chi connectivity index (χ4v) is 1.33. The lowest BCUT2D eigenvalue weighted by molar-refractivity contribution is -0.116. The number of hydrogen-bond donors (Lipinski definition) is 3.